The normalized spacial score (nSPS) is 10.6. The fourth-order valence-electron chi connectivity index (χ4n) is 1.63. The predicted molar refractivity (Wildman–Crippen MR) is 63.7 cm³/mol. The Morgan fingerprint density at radius 2 is 2.18 bits per heavy atom. The molecule has 1 aromatic carbocycles. The van der Waals surface area contributed by atoms with Gasteiger partial charge in [0, 0.05) is 11.6 Å². The molecule has 1 aromatic heterocycles. The maximum Gasteiger partial charge on any atom is 0.305 e. The van der Waals surface area contributed by atoms with Gasteiger partial charge in [-0.05, 0) is 17.7 Å². The number of hydrogen-bond acceptors (Lipinski definition) is 3. The van der Waals surface area contributed by atoms with E-state index >= 15 is 0 Å². The largest absolute Gasteiger partial charge is 0.481 e. The average Bonchev–Trinajstić information content (AvgIpc) is 2.34. The second-order valence-corrected chi connectivity index (χ2v) is 3.68. The van der Waals surface area contributed by atoms with Crippen molar-refractivity contribution in [3.8, 4) is 0 Å². The van der Waals surface area contributed by atoms with Crippen molar-refractivity contribution in [2.24, 2.45) is 0 Å². The zero-order valence-electron chi connectivity index (χ0n) is 9.30. The number of fused-ring (bicyclic) bond motifs is 1. The van der Waals surface area contributed by atoms with Crippen LogP contribution in [0.25, 0.3) is 10.9 Å². The maximum absolute atomic E-state index is 10.3. The summed E-state index contributed by atoms with van der Waals surface area (Å²) in [5.41, 5.74) is 1.95. The summed E-state index contributed by atoms with van der Waals surface area (Å²) in [6, 6.07) is 9.69. The smallest absolute Gasteiger partial charge is 0.305 e. The van der Waals surface area contributed by atoms with Crippen molar-refractivity contribution in [3.05, 3.63) is 42.1 Å². The highest BCUT2D eigenvalue weighted by Crippen LogP contribution is 2.17. The molecule has 1 N–H and O–H groups in total. The quantitative estimate of drug-likeness (QED) is 0.801. The van der Waals surface area contributed by atoms with Crippen LogP contribution < -0.4 is 0 Å². The van der Waals surface area contributed by atoms with Crippen LogP contribution in [0.2, 0.25) is 0 Å². The van der Waals surface area contributed by atoms with Crippen LogP contribution in [0.5, 0.6) is 0 Å². The zero-order chi connectivity index (χ0) is 12.1. The van der Waals surface area contributed by atoms with Gasteiger partial charge in [-0.3, -0.25) is 9.78 Å². The van der Waals surface area contributed by atoms with E-state index in [2.05, 4.69) is 4.98 Å². The van der Waals surface area contributed by atoms with E-state index in [0.717, 1.165) is 16.5 Å². The Hall–Kier alpha value is -1.94. The predicted octanol–water partition coefficient (Wildman–Crippen LogP) is 2.23. The molecule has 0 aliphatic heterocycles. The first-order chi connectivity index (χ1) is 8.27. The average molecular weight is 231 g/mol. The Bertz CT molecular complexity index is 520. The third-order valence-electron chi connectivity index (χ3n) is 2.45. The molecule has 17 heavy (non-hydrogen) atoms. The number of ether oxygens (including phenoxy) is 1. The first kappa shape index (κ1) is 11.5. The number of nitrogens with zero attached hydrogens (tertiary/aromatic N) is 1. The minimum Gasteiger partial charge on any atom is -0.481 e. The number of aromatic nitrogens is 1. The lowest BCUT2D eigenvalue weighted by Crippen LogP contribution is -2.03. The first-order valence-corrected chi connectivity index (χ1v) is 5.39. The van der Waals surface area contributed by atoms with Crippen molar-refractivity contribution in [1.82, 2.24) is 4.98 Å². The number of pyridine rings is 1. The molecule has 2 aromatic rings. The van der Waals surface area contributed by atoms with E-state index in [-0.39, 0.29) is 13.0 Å². The monoisotopic (exact) mass is 231 g/mol. The molecule has 4 nitrogen and oxygen atoms in total. The molecule has 0 aliphatic carbocycles. The van der Waals surface area contributed by atoms with Gasteiger partial charge in [0.2, 0.25) is 0 Å². The Labute approximate surface area is 98.9 Å². The Kier molecular flexibility index (Phi) is 3.67. The van der Waals surface area contributed by atoms with Gasteiger partial charge in [-0.2, -0.15) is 0 Å². The van der Waals surface area contributed by atoms with Gasteiger partial charge in [-0.15, -0.1) is 0 Å². The van der Waals surface area contributed by atoms with Crippen LogP contribution in [0.1, 0.15) is 12.0 Å². The number of hydrogen-bond donors (Lipinski definition) is 1. The van der Waals surface area contributed by atoms with E-state index in [4.69, 9.17) is 9.84 Å². The molecule has 0 unspecified atom stereocenters. The van der Waals surface area contributed by atoms with E-state index in [1.807, 2.05) is 30.3 Å². The van der Waals surface area contributed by atoms with Crippen molar-refractivity contribution < 1.29 is 14.6 Å². The number of carbonyl (C=O) groups is 1. The van der Waals surface area contributed by atoms with Crippen molar-refractivity contribution in [2.45, 2.75) is 13.0 Å². The molecule has 2 rings (SSSR count). The lowest BCUT2D eigenvalue weighted by atomic mass is 10.1. The highest BCUT2D eigenvalue weighted by molar-refractivity contribution is 5.81. The third-order valence-corrected chi connectivity index (χ3v) is 2.45. The van der Waals surface area contributed by atoms with Crippen molar-refractivity contribution in [2.75, 3.05) is 6.61 Å². The highest BCUT2D eigenvalue weighted by Gasteiger charge is 2.02. The standard InChI is InChI=1S/C13H13NO3/c15-13(16)6-8-17-9-10-3-1-5-12-11(10)4-2-7-14-12/h1-5,7H,6,8-9H2,(H,15,16). The second-order valence-electron chi connectivity index (χ2n) is 3.68. The molecule has 0 fully saturated rings. The Morgan fingerprint density at radius 3 is 3.00 bits per heavy atom. The van der Waals surface area contributed by atoms with Gasteiger partial charge in [-0.25, -0.2) is 0 Å². The van der Waals surface area contributed by atoms with Crippen LogP contribution in [-0.2, 0) is 16.1 Å². The maximum atomic E-state index is 10.3. The number of benzene rings is 1. The Balaban J connectivity index is 2.05. The fourth-order valence-corrected chi connectivity index (χ4v) is 1.63. The van der Waals surface area contributed by atoms with E-state index in [0.29, 0.717) is 6.61 Å². The van der Waals surface area contributed by atoms with Crippen molar-refractivity contribution in [1.29, 1.82) is 0 Å². The molecule has 0 saturated heterocycles. The minimum atomic E-state index is -0.843. The molecule has 88 valence electrons. The molecule has 1 heterocycles. The summed E-state index contributed by atoms with van der Waals surface area (Å²) in [6.07, 6.45) is 1.78. The number of aliphatic carboxylic acids is 1. The highest BCUT2D eigenvalue weighted by atomic mass is 16.5. The summed E-state index contributed by atoms with van der Waals surface area (Å²) in [5, 5.41) is 9.54. The number of carboxylic acid groups (broad SMARTS) is 1. The van der Waals surface area contributed by atoms with Gasteiger partial charge in [0.1, 0.15) is 0 Å². The summed E-state index contributed by atoms with van der Waals surface area (Å²) < 4.78 is 5.33. The van der Waals surface area contributed by atoms with Crippen LogP contribution in [-0.4, -0.2) is 22.7 Å². The van der Waals surface area contributed by atoms with Crippen LogP contribution in [0.3, 0.4) is 0 Å². The van der Waals surface area contributed by atoms with E-state index in [1.54, 1.807) is 6.20 Å². The summed E-state index contributed by atoms with van der Waals surface area (Å²) in [4.78, 5) is 14.6. The van der Waals surface area contributed by atoms with E-state index in [1.165, 1.54) is 0 Å². The van der Waals surface area contributed by atoms with Gasteiger partial charge in [0.05, 0.1) is 25.2 Å². The summed E-state index contributed by atoms with van der Waals surface area (Å²) in [5.74, 6) is -0.843. The summed E-state index contributed by atoms with van der Waals surface area (Å²) in [6.45, 7) is 0.641. The van der Waals surface area contributed by atoms with Crippen LogP contribution in [0.4, 0.5) is 0 Å². The molecule has 0 atom stereocenters. The SMILES string of the molecule is O=C(O)CCOCc1cccc2ncccc12. The Morgan fingerprint density at radius 1 is 1.29 bits per heavy atom. The third kappa shape index (κ3) is 3.01. The lowest BCUT2D eigenvalue weighted by Gasteiger charge is -2.06. The van der Waals surface area contributed by atoms with Crippen LogP contribution in [0, 0.1) is 0 Å². The zero-order valence-corrected chi connectivity index (χ0v) is 9.30. The fraction of sp³-hybridized carbons (Fsp3) is 0.231. The molecule has 0 amide bonds. The summed E-state index contributed by atoms with van der Waals surface area (Å²) in [7, 11) is 0. The minimum absolute atomic E-state index is 0.0308. The van der Waals surface area contributed by atoms with Gasteiger partial charge >= 0.3 is 5.97 Å². The summed E-state index contributed by atoms with van der Waals surface area (Å²) >= 11 is 0. The van der Waals surface area contributed by atoms with Crippen molar-refractivity contribution >= 4 is 16.9 Å². The molecule has 0 aliphatic rings. The molecule has 4 heteroatoms. The van der Waals surface area contributed by atoms with Gasteiger partial charge in [-0.1, -0.05) is 18.2 Å². The van der Waals surface area contributed by atoms with E-state index < -0.39 is 5.97 Å². The molecule has 0 radical (unpaired) electrons. The van der Waals surface area contributed by atoms with E-state index in [9.17, 15) is 4.79 Å². The molecular weight excluding hydrogens is 218 g/mol. The molecular formula is C13H13NO3. The van der Waals surface area contributed by atoms with Gasteiger partial charge < -0.3 is 9.84 Å². The van der Waals surface area contributed by atoms with Crippen LogP contribution in [0.15, 0.2) is 36.5 Å². The van der Waals surface area contributed by atoms with Gasteiger partial charge in [0.15, 0.2) is 0 Å². The molecule has 0 spiro atoms. The van der Waals surface area contributed by atoms with Crippen LogP contribution >= 0.6 is 0 Å². The second kappa shape index (κ2) is 5.41. The van der Waals surface area contributed by atoms with Crippen molar-refractivity contribution in [3.63, 3.8) is 0 Å². The van der Waals surface area contributed by atoms with Gasteiger partial charge in [0.25, 0.3) is 0 Å². The number of carboxylic acids is 1. The molecule has 0 saturated carbocycles. The molecule has 0 bridgehead atoms. The lowest BCUT2D eigenvalue weighted by molar-refractivity contribution is -0.138. The number of rotatable bonds is 5. The topological polar surface area (TPSA) is 59.4 Å². The first-order valence-electron chi connectivity index (χ1n) is 5.39.